The smallest absolute Gasteiger partial charge is 0.374 e. The van der Waals surface area contributed by atoms with Crippen LogP contribution in [0.4, 0.5) is 13.2 Å². The molecule has 0 radical (unpaired) electrons. The Bertz CT molecular complexity index is 1390. The highest BCUT2D eigenvalue weighted by atomic mass is 32.2. The van der Waals surface area contributed by atoms with E-state index >= 15 is 0 Å². The quantitative estimate of drug-likeness (QED) is 0.317. The van der Waals surface area contributed by atoms with Crippen molar-refractivity contribution in [2.24, 2.45) is 0 Å². The number of halogens is 3. The normalized spacial score (nSPS) is 13.1. The molecule has 0 aliphatic heterocycles. The van der Waals surface area contributed by atoms with Crippen molar-refractivity contribution < 1.29 is 25.8 Å². The predicted molar refractivity (Wildman–Crippen MR) is 97.1 cm³/mol. The Balaban J connectivity index is 1.77. The van der Waals surface area contributed by atoms with Crippen LogP contribution in [0.3, 0.4) is 0 Å². The van der Waals surface area contributed by atoms with Gasteiger partial charge in [-0.15, -0.1) is 0 Å². The monoisotopic (exact) mass is 402 g/mol. The maximum atomic E-state index is 12.7. The summed E-state index contributed by atoms with van der Waals surface area (Å²) < 4.78 is 65.4. The Hall–Kier alpha value is -3.20. The highest BCUT2D eigenvalue weighted by Gasteiger charge is 2.48. The average Bonchev–Trinajstić information content (AvgIpc) is 2.95. The van der Waals surface area contributed by atoms with E-state index in [0.717, 1.165) is 28.0 Å². The number of para-hydroxylation sites is 1. The molecule has 4 aromatic rings. The van der Waals surface area contributed by atoms with Crippen LogP contribution < -0.4 is 4.18 Å². The lowest BCUT2D eigenvalue weighted by Gasteiger charge is -2.11. The highest BCUT2D eigenvalue weighted by molar-refractivity contribution is 7.88. The third kappa shape index (κ3) is 2.29. The molecule has 1 aliphatic rings. The van der Waals surface area contributed by atoms with Gasteiger partial charge in [-0.3, -0.25) is 0 Å². The van der Waals surface area contributed by atoms with Gasteiger partial charge in [-0.05, 0) is 17.5 Å². The molecular formula is C19H9F3N2O3S. The van der Waals surface area contributed by atoms with E-state index in [4.69, 9.17) is 0 Å². The molecule has 1 aliphatic carbocycles. The van der Waals surface area contributed by atoms with Crippen LogP contribution in [0.1, 0.15) is 0 Å². The number of alkyl halides is 3. The third-order valence-electron chi connectivity index (χ3n) is 4.56. The minimum atomic E-state index is -5.82. The van der Waals surface area contributed by atoms with Gasteiger partial charge in [0.1, 0.15) is 5.52 Å². The average molecular weight is 402 g/mol. The SMILES string of the molecule is O=S(=O)(Oc1cccc2nc3c(nc12)-c1cccc2cccc-3c12)C(F)(F)F. The van der Waals surface area contributed by atoms with Crippen molar-refractivity contribution in [3.8, 4) is 28.3 Å². The Kier molecular flexibility index (Phi) is 3.28. The molecule has 0 fully saturated rings. The van der Waals surface area contributed by atoms with Gasteiger partial charge in [0.2, 0.25) is 0 Å². The van der Waals surface area contributed by atoms with Crippen LogP contribution in [0.5, 0.6) is 5.75 Å². The summed E-state index contributed by atoms with van der Waals surface area (Å²) in [5.41, 5.74) is -2.65. The predicted octanol–water partition coefficient (Wildman–Crippen LogP) is 4.66. The van der Waals surface area contributed by atoms with Crippen LogP contribution in [0.25, 0.3) is 44.3 Å². The molecule has 0 amide bonds. The molecule has 0 atom stereocenters. The van der Waals surface area contributed by atoms with Gasteiger partial charge in [0.15, 0.2) is 5.75 Å². The fraction of sp³-hybridized carbons (Fsp3) is 0.0526. The molecule has 0 saturated heterocycles. The molecule has 1 heterocycles. The van der Waals surface area contributed by atoms with E-state index in [0.29, 0.717) is 11.4 Å². The summed E-state index contributed by atoms with van der Waals surface area (Å²) in [4.78, 5) is 8.97. The molecule has 5 nitrogen and oxygen atoms in total. The zero-order valence-corrected chi connectivity index (χ0v) is 14.7. The fourth-order valence-corrected chi connectivity index (χ4v) is 3.86. The van der Waals surface area contributed by atoms with Gasteiger partial charge in [-0.1, -0.05) is 42.5 Å². The highest BCUT2D eigenvalue weighted by Crippen LogP contribution is 2.46. The molecule has 1 aromatic heterocycles. The summed E-state index contributed by atoms with van der Waals surface area (Å²) in [6.07, 6.45) is 0. The van der Waals surface area contributed by atoms with Crippen molar-refractivity contribution in [3.63, 3.8) is 0 Å². The van der Waals surface area contributed by atoms with Crippen LogP contribution in [-0.4, -0.2) is 23.9 Å². The fourth-order valence-electron chi connectivity index (χ4n) is 3.40. The van der Waals surface area contributed by atoms with Gasteiger partial charge in [0, 0.05) is 16.5 Å². The number of rotatable bonds is 2. The first kappa shape index (κ1) is 16.9. The maximum absolute atomic E-state index is 12.7. The second kappa shape index (κ2) is 5.41. The van der Waals surface area contributed by atoms with Gasteiger partial charge in [0.25, 0.3) is 0 Å². The second-order valence-corrected chi connectivity index (χ2v) is 7.77. The first-order valence-corrected chi connectivity index (χ1v) is 9.51. The van der Waals surface area contributed by atoms with Crippen LogP contribution in [0.15, 0.2) is 54.6 Å². The van der Waals surface area contributed by atoms with Gasteiger partial charge in [-0.2, -0.15) is 21.6 Å². The summed E-state index contributed by atoms with van der Waals surface area (Å²) in [6.45, 7) is 0. The lowest BCUT2D eigenvalue weighted by Crippen LogP contribution is -2.28. The van der Waals surface area contributed by atoms with E-state index in [9.17, 15) is 21.6 Å². The largest absolute Gasteiger partial charge is 0.534 e. The molecule has 28 heavy (non-hydrogen) atoms. The van der Waals surface area contributed by atoms with E-state index < -0.39 is 21.4 Å². The molecule has 140 valence electrons. The summed E-state index contributed by atoms with van der Waals surface area (Å²) >= 11 is 0. The lowest BCUT2D eigenvalue weighted by molar-refractivity contribution is -0.0499. The van der Waals surface area contributed by atoms with Crippen molar-refractivity contribution in [1.29, 1.82) is 0 Å². The molecule has 9 heteroatoms. The van der Waals surface area contributed by atoms with Gasteiger partial charge < -0.3 is 4.18 Å². The summed E-state index contributed by atoms with van der Waals surface area (Å²) in [7, 11) is -5.82. The van der Waals surface area contributed by atoms with Crippen molar-refractivity contribution >= 4 is 31.9 Å². The summed E-state index contributed by atoms with van der Waals surface area (Å²) in [5.74, 6) is -0.520. The number of fused-ring (bicyclic) bond motifs is 4. The second-order valence-electron chi connectivity index (χ2n) is 6.24. The molecule has 0 N–H and O–H groups in total. The Labute approximate surface area is 156 Å². The van der Waals surface area contributed by atoms with Crippen LogP contribution in [0.2, 0.25) is 0 Å². The first-order chi connectivity index (χ1) is 13.3. The Morgan fingerprint density at radius 3 is 2.07 bits per heavy atom. The molecule has 3 aromatic carbocycles. The lowest BCUT2D eigenvalue weighted by atomic mass is 10.0. The topological polar surface area (TPSA) is 69.2 Å². The molecule has 0 unspecified atom stereocenters. The number of hydrogen-bond acceptors (Lipinski definition) is 5. The molecule has 5 rings (SSSR count). The maximum Gasteiger partial charge on any atom is 0.534 e. The van der Waals surface area contributed by atoms with Crippen LogP contribution >= 0.6 is 0 Å². The van der Waals surface area contributed by atoms with E-state index in [1.807, 2.05) is 36.4 Å². The van der Waals surface area contributed by atoms with Crippen LogP contribution in [0, 0.1) is 0 Å². The molecular weight excluding hydrogens is 393 g/mol. The first-order valence-electron chi connectivity index (χ1n) is 8.10. The number of nitrogens with zero attached hydrogens (tertiary/aromatic N) is 2. The zero-order chi connectivity index (χ0) is 19.7. The minimum Gasteiger partial charge on any atom is -0.374 e. The standard InChI is InChI=1S/C19H9F3N2O3S/c20-19(21,22)28(25,26)27-14-9-3-8-13-18(14)24-17-12-7-2-5-10-4-1-6-11(15(10)12)16(17)23-13/h1-9H. The van der Waals surface area contributed by atoms with E-state index in [2.05, 4.69) is 14.2 Å². The van der Waals surface area contributed by atoms with E-state index in [1.54, 1.807) is 6.07 Å². The number of aromatic nitrogens is 2. The summed E-state index contributed by atoms with van der Waals surface area (Å²) in [6, 6.07) is 15.4. The minimum absolute atomic E-state index is 0.0566. The molecule has 0 saturated carbocycles. The number of hydrogen-bond donors (Lipinski definition) is 0. The Morgan fingerprint density at radius 2 is 1.43 bits per heavy atom. The zero-order valence-electron chi connectivity index (χ0n) is 13.9. The van der Waals surface area contributed by atoms with Crippen molar-refractivity contribution in [3.05, 3.63) is 54.6 Å². The third-order valence-corrected chi connectivity index (χ3v) is 5.52. The van der Waals surface area contributed by atoms with Gasteiger partial charge in [-0.25, -0.2) is 9.97 Å². The van der Waals surface area contributed by atoms with Crippen LogP contribution in [-0.2, 0) is 10.1 Å². The molecule has 0 spiro atoms. The Morgan fingerprint density at radius 1 is 0.821 bits per heavy atom. The van der Waals surface area contributed by atoms with E-state index in [1.165, 1.54) is 6.07 Å². The van der Waals surface area contributed by atoms with Crippen molar-refractivity contribution in [2.75, 3.05) is 0 Å². The van der Waals surface area contributed by atoms with Crippen molar-refractivity contribution in [2.45, 2.75) is 5.51 Å². The van der Waals surface area contributed by atoms with E-state index in [-0.39, 0.29) is 11.0 Å². The summed E-state index contributed by atoms with van der Waals surface area (Å²) in [5, 5.41) is 1.93. The number of benzene rings is 3. The molecule has 0 bridgehead atoms. The van der Waals surface area contributed by atoms with Gasteiger partial charge >= 0.3 is 15.6 Å². The van der Waals surface area contributed by atoms with Gasteiger partial charge in [0.05, 0.1) is 16.9 Å². The van der Waals surface area contributed by atoms with Crippen molar-refractivity contribution in [1.82, 2.24) is 9.97 Å².